The first kappa shape index (κ1) is 16.5. The van der Waals surface area contributed by atoms with Gasteiger partial charge in [0.2, 0.25) is 0 Å². The standard InChI is InChI=1S/C18H24N4O2/c1-4-13-6-5-8-22(17(13)23)14-7-9-21(11-14)18(24)16-10-15(12(2)3)19-20-16/h5-6,8,10,12,14H,4,7,9,11H2,1-3H3,(H,19,20)/t14-/m1/s1. The SMILES string of the molecule is CCc1cccn([C@@H]2CCN(C(=O)c3cc(C(C)C)n[nH]3)C2)c1=O. The van der Waals surface area contributed by atoms with Crippen LogP contribution in [-0.2, 0) is 6.42 Å². The van der Waals surface area contributed by atoms with Crippen molar-refractivity contribution in [2.45, 2.75) is 45.6 Å². The van der Waals surface area contributed by atoms with Crippen molar-refractivity contribution in [2.24, 2.45) is 0 Å². The number of likely N-dealkylation sites (tertiary alicyclic amines) is 1. The van der Waals surface area contributed by atoms with Gasteiger partial charge in [-0.2, -0.15) is 5.10 Å². The number of H-pyrrole nitrogens is 1. The van der Waals surface area contributed by atoms with Gasteiger partial charge in [0.1, 0.15) is 5.69 Å². The third kappa shape index (κ3) is 3.00. The summed E-state index contributed by atoms with van der Waals surface area (Å²) in [4.78, 5) is 26.9. The van der Waals surface area contributed by atoms with Gasteiger partial charge >= 0.3 is 0 Å². The molecule has 1 aliphatic rings. The summed E-state index contributed by atoms with van der Waals surface area (Å²) < 4.78 is 1.78. The maximum absolute atomic E-state index is 12.6. The van der Waals surface area contributed by atoms with Crippen LogP contribution in [0.25, 0.3) is 0 Å². The molecule has 0 radical (unpaired) electrons. The average molecular weight is 328 g/mol. The van der Waals surface area contributed by atoms with Crippen LogP contribution in [-0.4, -0.2) is 38.7 Å². The molecular weight excluding hydrogens is 304 g/mol. The van der Waals surface area contributed by atoms with E-state index >= 15 is 0 Å². The molecule has 0 unspecified atom stereocenters. The smallest absolute Gasteiger partial charge is 0.271 e. The Hall–Kier alpha value is -2.37. The van der Waals surface area contributed by atoms with Gasteiger partial charge in [-0.05, 0) is 30.9 Å². The van der Waals surface area contributed by atoms with Crippen molar-refractivity contribution in [3.05, 3.63) is 51.7 Å². The van der Waals surface area contributed by atoms with Crippen molar-refractivity contribution >= 4 is 5.91 Å². The number of nitrogens with one attached hydrogen (secondary N) is 1. The predicted octanol–water partition coefficient (Wildman–Crippen LogP) is 2.34. The Labute approximate surface area is 141 Å². The minimum atomic E-state index is -0.0448. The lowest BCUT2D eigenvalue weighted by Crippen LogP contribution is -2.32. The number of aromatic amines is 1. The van der Waals surface area contributed by atoms with Crippen molar-refractivity contribution in [1.29, 1.82) is 0 Å². The van der Waals surface area contributed by atoms with Crippen LogP contribution in [0.5, 0.6) is 0 Å². The Morgan fingerprint density at radius 2 is 2.25 bits per heavy atom. The van der Waals surface area contributed by atoms with Crippen molar-refractivity contribution in [2.75, 3.05) is 13.1 Å². The van der Waals surface area contributed by atoms with E-state index in [1.54, 1.807) is 9.47 Å². The van der Waals surface area contributed by atoms with Crippen LogP contribution in [0, 0.1) is 0 Å². The van der Waals surface area contributed by atoms with Crippen LogP contribution in [0.15, 0.2) is 29.2 Å². The van der Waals surface area contributed by atoms with Crippen molar-refractivity contribution in [3.63, 3.8) is 0 Å². The molecular formula is C18H24N4O2. The normalized spacial score (nSPS) is 17.7. The van der Waals surface area contributed by atoms with Gasteiger partial charge in [0.25, 0.3) is 11.5 Å². The zero-order chi connectivity index (χ0) is 17.3. The molecule has 3 rings (SSSR count). The summed E-state index contributed by atoms with van der Waals surface area (Å²) in [6.45, 7) is 7.28. The summed E-state index contributed by atoms with van der Waals surface area (Å²) in [5.74, 6) is 0.237. The van der Waals surface area contributed by atoms with Gasteiger partial charge in [-0.15, -0.1) is 0 Å². The van der Waals surface area contributed by atoms with E-state index < -0.39 is 0 Å². The lowest BCUT2D eigenvalue weighted by atomic mass is 10.1. The predicted molar refractivity (Wildman–Crippen MR) is 92.3 cm³/mol. The van der Waals surface area contributed by atoms with E-state index in [0.29, 0.717) is 18.8 Å². The molecule has 2 aromatic heterocycles. The highest BCUT2D eigenvalue weighted by Gasteiger charge is 2.29. The van der Waals surface area contributed by atoms with Crippen LogP contribution < -0.4 is 5.56 Å². The first-order chi connectivity index (χ1) is 11.5. The van der Waals surface area contributed by atoms with Gasteiger partial charge in [0, 0.05) is 24.8 Å². The van der Waals surface area contributed by atoms with E-state index in [1.807, 2.05) is 45.2 Å². The summed E-state index contributed by atoms with van der Waals surface area (Å²) in [6.07, 6.45) is 3.35. The second kappa shape index (κ2) is 6.63. The van der Waals surface area contributed by atoms with Crippen LogP contribution in [0.4, 0.5) is 0 Å². The molecule has 0 saturated carbocycles. The number of nitrogens with zero attached hydrogens (tertiary/aromatic N) is 3. The van der Waals surface area contributed by atoms with Crippen LogP contribution >= 0.6 is 0 Å². The Morgan fingerprint density at radius 3 is 2.92 bits per heavy atom. The molecule has 0 aliphatic carbocycles. The van der Waals surface area contributed by atoms with Crippen LogP contribution in [0.3, 0.4) is 0 Å². The molecule has 6 nitrogen and oxygen atoms in total. The summed E-state index contributed by atoms with van der Waals surface area (Å²) in [5, 5.41) is 7.03. The number of hydrogen-bond acceptors (Lipinski definition) is 3. The third-order valence-corrected chi connectivity index (χ3v) is 4.70. The van der Waals surface area contributed by atoms with Gasteiger partial charge in [-0.25, -0.2) is 0 Å². The van der Waals surface area contributed by atoms with Gasteiger partial charge in [0.15, 0.2) is 0 Å². The molecule has 1 saturated heterocycles. The minimum absolute atomic E-state index is 0.0421. The molecule has 1 atom stereocenters. The quantitative estimate of drug-likeness (QED) is 0.936. The topological polar surface area (TPSA) is 71.0 Å². The largest absolute Gasteiger partial charge is 0.335 e. The van der Waals surface area contributed by atoms with E-state index in [0.717, 1.165) is 24.1 Å². The summed E-state index contributed by atoms with van der Waals surface area (Å²) in [5.41, 5.74) is 2.29. The van der Waals surface area contributed by atoms with Gasteiger partial charge in [-0.3, -0.25) is 14.7 Å². The zero-order valence-electron chi connectivity index (χ0n) is 14.5. The highest BCUT2D eigenvalue weighted by atomic mass is 16.2. The fourth-order valence-corrected chi connectivity index (χ4v) is 3.18. The summed E-state index contributed by atoms with van der Waals surface area (Å²) in [7, 11) is 0. The average Bonchev–Trinajstić information content (AvgIpc) is 3.24. The third-order valence-electron chi connectivity index (χ3n) is 4.70. The van der Waals surface area contributed by atoms with E-state index in [1.165, 1.54) is 0 Å². The fraction of sp³-hybridized carbons (Fsp3) is 0.500. The van der Waals surface area contributed by atoms with Crippen molar-refractivity contribution in [3.8, 4) is 0 Å². The lowest BCUT2D eigenvalue weighted by Gasteiger charge is -2.17. The summed E-state index contributed by atoms with van der Waals surface area (Å²) in [6, 6.07) is 5.65. The molecule has 1 amide bonds. The number of rotatable bonds is 4. The number of carbonyl (C=O) groups excluding carboxylic acids is 1. The molecule has 1 aliphatic heterocycles. The molecule has 0 aromatic carbocycles. The van der Waals surface area contributed by atoms with Crippen LogP contribution in [0.2, 0.25) is 0 Å². The maximum atomic E-state index is 12.6. The maximum Gasteiger partial charge on any atom is 0.271 e. The number of hydrogen-bond donors (Lipinski definition) is 1. The Bertz CT molecular complexity index is 790. The molecule has 3 heterocycles. The Morgan fingerprint density at radius 1 is 1.46 bits per heavy atom. The van der Waals surface area contributed by atoms with Crippen molar-refractivity contribution in [1.82, 2.24) is 19.7 Å². The van der Waals surface area contributed by atoms with E-state index in [2.05, 4.69) is 10.2 Å². The number of amides is 1. The fourth-order valence-electron chi connectivity index (χ4n) is 3.18. The van der Waals surface area contributed by atoms with E-state index in [4.69, 9.17) is 0 Å². The van der Waals surface area contributed by atoms with E-state index in [9.17, 15) is 9.59 Å². The Kier molecular flexibility index (Phi) is 4.55. The number of aryl methyl sites for hydroxylation is 1. The van der Waals surface area contributed by atoms with Crippen LogP contribution in [0.1, 0.15) is 60.9 Å². The zero-order valence-corrected chi connectivity index (χ0v) is 14.5. The first-order valence-corrected chi connectivity index (χ1v) is 8.55. The second-order valence-electron chi connectivity index (χ2n) is 6.65. The monoisotopic (exact) mass is 328 g/mol. The molecule has 1 fully saturated rings. The van der Waals surface area contributed by atoms with Gasteiger partial charge in [0.05, 0.1) is 11.7 Å². The number of carbonyl (C=O) groups is 1. The molecule has 6 heteroatoms. The molecule has 0 spiro atoms. The highest BCUT2D eigenvalue weighted by molar-refractivity contribution is 5.92. The minimum Gasteiger partial charge on any atom is -0.335 e. The van der Waals surface area contributed by atoms with Gasteiger partial charge < -0.3 is 9.47 Å². The molecule has 2 aromatic rings. The Balaban J connectivity index is 1.75. The number of aromatic nitrogens is 3. The van der Waals surface area contributed by atoms with Gasteiger partial charge in [-0.1, -0.05) is 26.8 Å². The van der Waals surface area contributed by atoms with E-state index in [-0.39, 0.29) is 23.4 Å². The highest BCUT2D eigenvalue weighted by Crippen LogP contribution is 2.22. The second-order valence-corrected chi connectivity index (χ2v) is 6.65. The molecule has 1 N–H and O–H groups in total. The van der Waals surface area contributed by atoms with Crippen molar-refractivity contribution < 1.29 is 4.79 Å². The molecule has 24 heavy (non-hydrogen) atoms. The summed E-state index contributed by atoms with van der Waals surface area (Å²) >= 11 is 0. The molecule has 128 valence electrons. The first-order valence-electron chi connectivity index (χ1n) is 8.55. The lowest BCUT2D eigenvalue weighted by molar-refractivity contribution is 0.0781. The molecule has 0 bridgehead atoms. The number of pyridine rings is 1.